The molecular formula is C16H22ClN3O. The van der Waals surface area contributed by atoms with E-state index < -0.39 is 0 Å². The van der Waals surface area contributed by atoms with Crippen LogP contribution in [-0.4, -0.2) is 22.9 Å². The van der Waals surface area contributed by atoms with E-state index in [4.69, 9.17) is 22.1 Å². The summed E-state index contributed by atoms with van der Waals surface area (Å²) < 4.78 is 6.85. The fraction of sp³-hybridized carbons (Fsp3) is 0.438. The second kappa shape index (κ2) is 6.96. The molecule has 1 aromatic heterocycles. The van der Waals surface area contributed by atoms with Gasteiger partial charge in [-0.05, 0) is 43.9 Å². The Hall–Kier alpha value is -1.52. The van der Waals surface area contributed by atoms with Gasteiger partial charge in [0.25, 0.3) is 0 Å². The van der Waals surface area contributed by atoms with Gasteiger partial charge in [-0.1, -0.05) is 23.7 Å². The van der Waals surface area contributed by atoms with Crippen molar-refractivity contribution >= 4 is 11.6 Å². The van der Waals surface area contributed by atoms with E-state index in [9.17, 15) is 0 Å². The molecule has 114 valence electrons. The Kier molecular flexibility index (Phi) is 5.26. The Bertz CT molecular complexity index is 592. The van der Waals surface area contributed by atoms with Gasteiger partial charge in [-0.15, -0.1) is 0 Å². The Labute approximate surface area is 130 Å². The summed E-state index contributed by atoms with van der Waals surface area (Å²) in [4.78, 5) is 0. The summed E-state index contributed by atoms with van der Waals surface area (Å²) in [6.07, 6.45) is 2.62. The molecule has 0 saturated carbocycles. The van der Waals surface area contributed by atoms with Crippen LogP contribution in [0.5, 0.6) is 5.75 Å². The summed E-state index contributed by atoms with van der Waals surface area (Å²) in [7, 11) is 3.52. The maximum Gasteiger partial charge on any atom is 0.130 e. The van der Waals surface area contributed by atoms with Crippen LogP contribution in [0.25, 0.3) is 0 Å². The molecule has 1 aromatic carbocycles. The van der Waals surface area contributed by atoms with Gasteiger partial charge in [-0.3, -0.25) is 4.68 Å². The second-order valence-electron chi connectivity index (χ2n) is 5.33. The van der Waals surface area contributed by atoms with Crippen molar-refractivity contribution in [3.63, 3.8) is 0 Å². The van der Waals surface area contributed by atoms with E-state index in [0.717, 1.165) is 36.3 Å². The predicted octanol–water partition coefficient (Wildman–Crippen LogP) is 2.89. The summed E-state index contributed by atoms with van der Waals surface area (Å²) in [5.74, 6) is 0.876. The molecule has 5 heteroatoms. The second-order valence-corrected chi connectivity index (χ2v) is 5.69. The topological polar surface area (TPSA) is 53.1 Å². The van der Waals surface area contributed by atoms with Crippen molar-refractivity contribution in [3.05, 3.63) is 46.2 Å². The lowest BCUT2D eigenvalue weighted by molar-refractivity contribution is 0.414. The average Bonchev–Trinajstić information content (AvgIpc) is 2.72. The predicted molar refractivity (Wildman–Crippen MR) is 85.9 cm³/mol. The van der Waals surface area contributed by atoms with Gasteiger partial charge in [-0.25, -0.2) is 0 Å². The van der Waals surface area contributed by atoms with Crippen molar-refractivity contribution in [1.82, 2.24) is 9.78 Å². The molecule has 0 fully saturated rings. The zero-order valence-corrected chi connectivity index (χ0v) is 13.5. The first-order valence-electron chi connectivity index (χ1n) is 7.07. The minimum Gasteiger partial charge on any atom is -0.497 e. The minimum absolute atomic E-state index is 0.0764. The summed E-state index contributed by atoms with van der Waals surface area (Å²) in [5, 5.41) is 5.00. The van der Waals surface area contributed by atoms with Gasteiger partial charge < -0.3 is 10.5 Å². The summed E-state index contributed by atoms with van der Waals surface area (Å²) in [6.45, 7) is 1.97. The first kappa shape index (κ1) is 15.9. The molecule has 2 rings (SSSR count). The Morgan fingerprint density at radius 1 is 1.33 bits per heavy atom. The number of halogens is 1. The molecule has 0 aliphatic carbocycles. The molecule has 0 aliphatic rings. The number of aromatic nitrogens is 2. The smallest absolute Gasteiger partial charge is 0.130 e. The maximum absolute atomic E-state index is 6.24. The highest BCUT2D eigenvalue weighted by Crippen LogP contribution is 2.21. The van der Waals surface area contributed by atoms with Gasteiger partial charge in [0.05, 0.1) is 12.8 Å². The van der Waals surface area contributed by atoms with E-state index >= 15 is 0 Å². The minimum atomic E-state index is 0.0764. The Morgan fingerprint density at radius 3 is 2.52 bits per heavy atom. The SMILES string of the molecule is COc1ccc(CCC(N)Cc2c(C)nn(C)c2Cl)cc1. The molecule has 0 radical (unpaired) electrons. The lowest BCUT2D eigenvalue weighted by Gasteiger charge is -2.12. The van der Waals surface area contributed by atoms with Gasteiger partial charge in [0.15, 0.2) is 0 Å². The molecule has 0 aliphatic heterocycles. The molecule has 1 heterocycles. The molecule has 2 N–H and O–H groups in total. The molecule has 0 saturated heterocycles. The molecule has 1 unspecified atom stereocenters. The number of ether oxygens (including phenoxy) is 1. The van der Waals surface area contributed by atoms with Crippen LogP contribution in [0.4, 0.5) is 0 Å². The first-order valence-corrected chi connectivity index (χ1v) is 7.45. The van der Waals surface area contributed by atoms with E-state index in [1.54, 1.807) is 11.8 Å². The quantitative estimate of drug-likeness (QED) is 0.893. The van der Waals surface area contributed by atoms with Crippen LogP contribution in [0.3, 0.4) is 0 Å². The van der Waals surface area contributed by atoms with E-state index in [-0.39, 0.29) is 6.04 Å². The zero-order chi connectivity index (χ0) is 15.4. The summed E-state index contributed by atoms with van der Waals surface area (Å²) >= 11 is 6.24. The Morgan fingerprint density at radius 2 is 2.00 bits per heavy atom. The number of nitrogens with two attached hydrogens (primary N) is 1. The van der Waals surface area contributed by atoms with E-state index in [1.165, 1.54) is 5.56 Å². The molecule has 0 amide bonds. The molecule has 21 heavy (non-hydrogen) atoms. The number of aryl methyl sites for hydroxylation is 3. The number of hydrogen-bond acceptors (Lipinski definition) is 3. The third kappa shape index (κ3) is 3.99. The first-order chi connectivity index (χ1) is 10.0. The Balaban J connectivity index is 1.90. The zero-order valence-electron chi connectivity index (χ0n) is 12.8. The number of hydrogen-bond donors (Lipinski definition) is 1. The fourth-order valence-corrected chi connectivity index (χ4v) is 2.67. The highest BCUT2D eigenvalue weighted by Gasteiger charge is 2.14. The van der Waals surface area contributed by atoms with Gasteiger partial charge in [0, 0.05) is 18.7 Å². The molecule has 2 aromatic rings. The highest BCUT2D eigenvalue weighted by atomic mass is 35.5. The van der Waals surface area contributed by atoms with Crippen molar-refractivity contribution < 1.29 is 4.74 Å². The van der Waals surface area contributed by atoms with Crippen molar-refractivity contribution in [1.29, 1.82) is 0 Å². The maximum atomic E-state index is 6.24. The third-order valence-corrected chi connectivity index (χ3v) is 4.17. The molecule has 0 bridgehead atoms. The number of benzene rings is 1. The lowest BCUT2D eigenvalue weighted by atomic mass is 10.00. The van der Waals surface area contributed by atoms with Crippen molar-refractivity contribution in [2.75, 3.05) is 7.11 Å². The largest absolute Gasteiger partial charge is 0.497 e. The normalized spacial score (nSPS) is 12.4. The highest BCUT2D eigenvalue weighted by molar-refractivity contribution is 6.30. The van der Waals surface area contributed by atoms with Crippen LogP contribution >= 0.6 is 11.6 Å². The van der Waals surface area contributed by atoms with Gasteiger partial charge in [0.1, 0.15) is 10.9 Å². The van der Waals surface area contributed by atoms with E-state index in [1.807, 2.05) is 26.1 Å². The molecular weight excluding hydrogens is 286 g/mol. The fourth-order valence-electron chi connectivity index (χ4n) is 2.41. The van der Waals surface area contributed by atoms with Crippen LogP contribution in [0.1, 0.15) is 23.2 Å². The molecule has 0 spiro atoms. The van der Waals surface area contributed by atoms with E-state index in [2.05, 4.69) is 17.2 Å². The number of methoxy groups -OCH3 is 1. The molecule has 4 nitrogen and oxygen atoms in total. The number of nitrogens with zero attached hydrogens (tertiary/aromatic N) is 2. The summed E-state index contributed by atoms with van der Waals surface area (Å²) in [6, 6.07) is 8.18. The molecule has 1 atom stereocenters. The van der Waals surface area contributed by atoms with Crippen LogP contribution in [0.15, 0.2) is 24.3 Å². The van der Waals surface area contributed by atoms with Crippen LogP contribution in [0.2, 0.25) is 5.15 Å². The van der Waals surface area contributed by atoms with Gasteiger partial charge in [-0.2, -0.15) is 5.10 Å². The monoisotopic (exact) mass is 307 g/mol. The van der Waals surface area contributed by atoms with Gasteiger partial charge in [0.2, 0.25) is 0 Å². The third-order valence-electron chi connectivity index (χ3n) is 3.70. The standard InChI is InChI=1S/C16H22ClN3O/c1-11-15(16(17)20(2)19-11)10-13(18)7-4-12-5-8-14(21-3)9-6-12/h5-6,8-9,13H,4,7,10,18H2,1-3H3. The summed E-state index contributed by atoms with van der Waals surface area (Å²) in [5.41, 5.74) is 9.52. The van der Waals surface area contributed by atoms with Crippen molar-refractivity contribution in [2.45, 2.75) is 32.2 Å². The van der Waals surface area contributed by atoms with Crippen molar-refractivity contribution in [2.24, 2.45) is 12.8 Å². The lowest BCUT2D eigenvalue weighted by Crippen LogP contribution is -2.23. The van der Waals surface area contributed by atoms with Crippen LogP contribution in [0, 0.1) is 6.92 Å². The van der Waals surface area contributed by atoms with E-state index in [0.29, 0.717) is 5.15 Å². The average molecular weight is 308 g/mol. The van der Waals surface area contributed by atoms with Crippen LogP contribution < -0.4 is 10.5 Å². The number of rotatable bonds is 6. The van der Waals surface area contributed by atoms with Crippen molar-refractivity contribution in [3.8, 4) is 5.75 Å². The van der Waals surface area contributed by atoms with Crippen LogP contribution in [-0.2, 0) is 19.9 Å². The van der Waals surface area contributed by atoms with Gasteiger partial charge >= 0.3 is 0 Å².